The number of halogens is 6. The summed E-state index contributed by atoms with van der Waals surface area (Å²) in [4.78, 5) is 0. The van der Waals surface area contributed by atoms with Gasteiger partial charge in [-0.25, -0.2) is 0 Å². The lowest BCUT2D eigenvalue weighted by Gasteiger charge is -2.09. The smallest absolute Gasteiger partial charge is 0.166 e. The summed E-state index contributed by atoms with van der Waals surface area (Å²) in [6.07, 6.45) is -3.67. The van der Waals surface area contributed by atoms with E-state index >= 15 is 0 Å². The first-order valence-corrected chi connectivity index (χ1v) is 12.0. The molecule has 0 spiro atoms. The number of fused-ring (bicyclic) bond motifs is 3. The Hall–Kier alpha value is -4.06. The number of alkyl halides is 6. The second-order valence-electron chi connectivity index (χ2n) is 9.25. The van der Waals surface area contributed by atoms with Crippen molar-refractivity contribution in [2.24, 2.45) is 0 Å². The highest BCUT2D eigenvalue weighted by Gasteiger charge is 2.30. The molecule has 5 rings (SSSR count). The Morgan fingerprint density at radius 1 is 0.447 bits per heavy atom. The summed E-state index contributed by atoms with van der Waals surface area (Å²) in [5, 5.41) is 4.31. The Bertz CT molecular complexity index is 1610. The van der Waals surface area contributed by atoms with E-state index in [1.54, 1.807) is 6.08 Å². The summed E-state index contributed by atoms with van der Waals surface area (Å²) in [5.74, 6) is 0. The Kier molecular flexibility index (Phi) is 6.74. The molecule has 0 unspecified atom stereocenters. The van der Waals surface area contributed by atoms with Crippen LogP contribution < -0.4 is 0 Å². The van der Waals surface area contributed by atoms with Crippen LogP contribution in [0.3, 0.4) is 0 Å². The van der Waals surface area contributed by atoms with Gasteiger partial charge in [-0.15, -0.1) is 0 Å². The molecule has 0 radical (unpaired) electrons. The second kappa shape index (κ2) is 10.0. The van der Waals surface area contributed by atoms with Crippen molar-refractivity contribution in [3.63, 3.8) is 0 Å². The number of benzene rings is 5. The monoisotopic (exact) mass is 520 g/mol. The van der Waals surface area contributed by atoms with E-state index in [4.69, 9.17) is 0 Å². The van der Waals surface area contributed by atoms with Crippen LogP contribution in [0.5, 0.6) is 0 Å². The third kappa shape index (κ3) is 5.75. The Balaban J connectivity index is 1.31. The van der Waals surface area contributed by atoms with E-state index < -0.39 is 23.5 Å². The lowest BCUT2D eigenvalue weighted by Crippen LogP contribution is -2.04. The molecule has 0 saturated heterocycles. The van der Waals surface area contributed by atoms with Gasteiger partial charge in [-0.3, -0.25) is 0 Å². The molecule has 0 aliphatic carbocycles. The average molecular weight is 521 g/mol. The molecular weight excluding hydrogens is 498 g/mol. The lowest BCUT2D eigenvalue weighted by atomic mass is 9.96. The Morgan fingerprint density at radius 3 is 1.50 bits per heavy atom. The summed E-state index contributed by atoms with van der Waals surface area (Å²) in [5.41, 5.74) is 2.26. The number of aryl methyl sites for hydroxylation is 2. The highest BCUT2D eigenvalue weighted by atomic mass is 19.4. The van der Waals surface area contributed by atoms with Crippen LogP contribution in [-0.4, -0.2) is 0 Å². The van der Waals surface area contributed by atoms with Crippen LogP contribution in [0.1, 0.15) is 33.4 Å². The van der Waals surface area contributed by atoms with Gasteiger partial charge in [0.1, 0.15) is 0 Å². The third-order valence-electron chi connectivity index (χ3n) is 6.61. The van der Waals surface area contributed by atoms with Crippen molar-refractivity contribution in [1.29, 1.82) is 0 Å². The fourth-order valence-corrected chi connectivity index (χ4v) is 4.52. The molecule has 5 aromatic rings. The number of hydrogen-bond acceptors (Lipinski definition) is 0. The van der Waals surface area contributed by atoms with E-state index in [0.29, 0.717) is 18.4 Å². The average Bonchev–Trinajstić information content (AvgIpc) is 2.90. The number of rotatable bonds is 5. The molecule has 0 aliphatic heterocycles. The summed E-state index contributed by atoms with van der Waals surface area (Å²) >= 11 is 0. The second-order valence-corrected chi connectivity index (χ2v) is 9.25. The van der Waals surface area contributed by atoms with Crippen LogP contribution in [0.25, 0.3) is 33.7 Å². The van der Waals surface area contributed by atoms with Gasteiger partial charge in [0.05, 0.1) is 11.1 Å². The van der Waals surface area contributed by atoms with Crippen LogP contribution in [0.15, 0.2) is 97.1 Å². The normalized spacial score (nSPS) is 12.6. The van der Waals surface area contributed by atoms with Gasteiger partial charge in [0.25, 0.3) is 0 Å². The van der Waals surface area contributed by atoms with Crippen molar-refractivity contribution in [1.82, 2.24) is 0 Å². The zero-order valence-electron chi connectivity index (χ0n) is 20.1. The van der Waals surface area contributed by atoms with Crippen LogP contribution in [-0.2, 0) is 25.2 Å². The van der Waals surface area contributed by atoms with Crippen LogP contribution >= 0.6 is 0 Å². The molecule has 192 valence electrons. The first-order valence-electron chi connectivity index (χ1n) is 12.0. The van der Waals surface area contributed by atoms with E-state index in [-0.39, 0.29) is 0 Å². The first kappa shape index (κ1) is 25.6. The molecule has 6 heteroatoms. The standard InChI is InChI=1S/C32H22F6/c33-31(34,35)27-13-5-21(6-14-27)1-3-23-9-17-29-25(19-23)11-12-26-20-24(10-18-30(26)29)4-2-22-7-15-28(16-8-22)32(36,37)38/h1,3,5-20H,2,4H2/b3-1+. The van der Waals surface area contributed by atoms with E-state index in [1.165, 1.54) is 24.3 Å². The molecular formula is C32H22F6. The molecule has 0 bridgehead atoms. The topological polar surface area (TPSA) is 0 Å². The molecule has 5 aromatic carbocycles. The van der Waals surface area contributed by atoms with E-state index in [2.05, 4.69) is 12.1 Å². The predicted octanol–water partition coefficient (Wildman–Crippen LogP) is 9.99. The predicted molar refractivity (Wildman–Crippen MR) is 141 cm³/mol. The van der Waals surface area contributed by atoms with Crippen LogP contribution in [0.4, 0.5) is 26.3 Å². The highest BCUT2D eigenvalue weighted by Crippen LogP contribution is 2.31. The molecule has 0 aromatic heterocycles. The molecule has 0 N–H and O–H groups in total. The highest BCUT2D eigenvalue weighted by molar-refractivity contribution is 6.08. The third-order valence-corrected chi connectivity index (χ3v) is 6.61. The maximum absolute atomic E-state index is 12.8. The molecule has 0 nitrogen and oxygen atoms in total. The first-order chi connectivity index (χ1) is 18.1. The largest absolute Gasteiger partial charge is 0.416 e. The minimum absolute atomic E-state index is 0.642. The van der Waals surface area contributed by atoms with Gasteiger partial charge in [-0.05, 0) is 87.0 Å². The van der Waals surface area contributed by atoms with Gasteiger partial charge in [0.15, 0.2) is 0 Å². The van der Waals surface area contributed by atoms with Gasteiger partial charge in [-0.1, -0.05) is 78.9 Å². The Labute approximate surface area is 215 Å². The van der Waals surface area contributed by atoms with Crippen molar-refractivity contribution in [3.05, 3.63) is 130 Å². The van der Waals surface area contributed by atoms with Gasteiger partial charge < -0.3 is 0 Å². The minimum Gasteiger partial charge on any atom is -0.166 e. The molecule has 0 amide bonds. The van der Waals surface area contributed by atoms with Crippen molar-refractivity contribution >= 4 is 33.7 Å². The molecule has 0 atom stereocenters. The fourth-order valence-electron chi connectivity index (χ4n) is 4.52. The zero-order chi connectivity index (χ0) is 26.9. The maximum atomic E-state index is 12.8. The van der Waals surface area contributed by atoms with E-state index in [9.17, 15) is 26.3 Å². The van der Waals surface area contributed by atoms with Gasteiger partial charge in [0.2, 0.25) is 0 Å². The van der Waals surface area contributed by atoms with Crippen molar-refractivity contribution < 1.29 is 26.3 Å². The van der Waals surface area contributed by atoms with Crippen LogP contribution in [0, 0.1) is 0 Å². The molecule has 0 saturated carbocycles. The molecule has 0 aliphatic rings. The van der Waals surface area contributed by atoms with Gasteiger partial charge in [-0.2, -0.15) is 26.3 Å². The van der Waals surface area contributed by atoms with Gasteiger partial charge >= 0.3 is 12.4 Å². The van der Waals surface area contributed by atoms with Crippen molar-refractivity contribution in [2.75, 3.05) is 0 Å². The molecule has 0 fully saturated rings. The number of hydrogen-bond donors (Lipinski definition) is 0. The summed E-state index contributed by atoms with van der Waals surface area (Å²) in [6.45, 7) is 0. The van der Waals surface area contributed by atoms with Gasteiger partial charge in [0, 0.05) is 0 Å². The van der Waals surface area contributed by atoms with E-state index in [0.717, 1.165) is 62.5 Å². The minimum atomic E-state index is -4.35. The lowest BCUT2D eigenvalue weighted by molar-refractivity contribution is -0.138. The maximum Gasteiger partial charge on any atom is 0.416 e. The fraction of sp³-hybridized carbons (Fsp3) is 0.125. The SMILES string of the molecule is FC(F)(F)c1ccc(/C=C/c2ccc3c(ccc4cc(CCc5ccc(C(F)(F)F)cc5)ccc43)c2)cc1. The summed E-state index contributed by atoms with van der Waals surface area (Å²) in [6, 6.07) is 26.7. The Morgan fingerprint density at radius 2 is 0.895 bits per heavy atom. The zero-order valence-corrected chi connectivity index (χ0v) is 20.1. The molecule has 0 heterocycles. The van der Waals surface area contributed by atoms with Crippen molar-refractivity contribution in [3.8, 4) is 0 Å². The van der Waals surface area contributed by atoms with Crippen LogP contribution in [0.2, 0.25) is 0 Å². The quantitative estimate of drug-likeness (QED) is 0.123. The van der Waals surface area contributed by atoms with Crippen molar-refractivity contribution in [2.45, 2.75) is 25.2 Å². The van der Waals surface area contributed by atoms with E-state index in [1.807, 2.05) is 42.5 Å². The molecule has 38 heavy (non-hydrogen) atoms. The summed E-state index contributed by atoms with van der Waals surface area (Å²) < 4.78 is 76.6. The summed E-state index contributed by atoms with van der Waals surface area (Å²) in [7, 11) is 0.